The van der Waals surface area contributed by atoms with Crippen LogP contribution in [-0.2, 0) is 13.5 Å². The lowest BCUT2D eigenvalue weighted by atomic mass is 10.1. The van der Waals surface area contributed by atoms with Gasteiger partial charge in [-0.25, -0.2) is 18.7 Å². The zero-order valence-corrected chi connectivity index (χ0v) is 14.9. The van der Waals surface area contributed by atoms with E-state index >= 15 is 0 Å². The number of aryl methyl sites for hydroxylation is 1. The molecular formula is C19H13ClF2N4O. The summed E-state index contributed by atoms with van der Waals surface area (Å²) >= 11 is 6.14. The first-order valence-electron chi connectivity index (χ1n) is 8.07. The van der Waals surface area contributed by atoms with Crippen LogP contribution in [0.2, 0.25) is 5.02 Å². The Balaban J connectivity index is 1.96. The molecule has 2 aromatic heterocycles. The van der Waals surface area contributed by atoms with E-state index in [0.29, 0.717) is 22.7 Å². The quantitative estimate of drug-likeness (QED) is 0.540. The van der Waals surface area contributed by atoms with Crippen molar-refractivity contribution in [3.63, 3.8) is 0 Å². The van der Waals surface area contributed by atoms with Crippen molar-refractivity contribution in [3.05, 3.63) is 87.2 Å². The second-order valence-corrected chi connectivity index (χ2v) is 6.49. The first kappa shape index (κ1) is 17.4. The molecular weight excluding hydrogens is 374 g/mol. The normalized spacial score (nSPS) is 11.3. The number of nitrogens with zero attached hydrogens (tertiary/aromatic N) is 4. The third-order valence-electron chi connectivity index (χ3n) is 4.25. The van der Waals surface area contributed by atoms with Crippen LogP contribution in [0, 0.1) is 11.6 Å². The molecule has 2 heterocycles. The van der Waals surface area contributed by atoms with E-state index in [-0.39, 0.29) is 22.5 Å². The highest BCUT2D eigenvalue weighted by Crippen LogP contribution is 2.22. The Morgan fingerprint density at radius 1 is 1.07 bits per heavy atom. The third-order valence-corrected chi connectivity index (χ3v) is 4.61. The Morgan fingerprint density at radius 3 is 2.48 bits per heavy atom. The molecule has 0 fully saturated rings. The molecule has 0 aliphatic carbocycles. The molecule has 0 bridgehead atoms. The van der Waals surface area contributed by atoms with E-state index < -0.39 is 11.6 Å². The van der Waals surface area contributed by atoms with Crippen molar-refractivity contribution in [2.45, 2.75) is 6.42 Å². The van der Waals surface area contributed by atoms with Crippen LogP contribution in [0.3, 0.4) is 0 Å². The van der Waals surface area contributed by atoms with Crippen LogP contribution in [0.1, 0.15) is 11.4 Å². The molecule has 0 N–H and O–H groups in total. The summed E-state index contributed by atoms with van der Waals surface area (Å²) in [5.74, 6) is -0.479. The van der Waals surface area contributed by atoms with E-state index in [1.54, 1.807) is 17.7 Å². The van der Waals surface area contributed by atoms with Crippen molar-refractivity contribution < 1.29 is 8.78 Å². The fraction of sp³-hybridized carbons (Fsp3) is 0.105. The zero-order valence-electron chi connectivity index (χ0n) is 14.2. The van der Waals surface area contributed by atoms with Gasteiger partial charge in [0.1, 0.15) is 17.5 Å². The maximum absolute atomic E-state index is 13.3. The van der Waals surface area contributed by atoms with Gasteiger partial charge in [-0.2, -0.15) is 0 Å². The van der Waals surface area contributed by atoms with Crippen molar-refractivity contribution in [1.82, 2.24) is 19.1 Å². The van der Waals surface area contributed by atoms with Gasteiger partial charge in [-0.05, 0) is 42.0 Å². The molecule has 0 amide bonds. The number of hydrogen-bond donors (Lipinski definition) is 0. The monoisotopic (exact) mass is 386 g/mol. The number of benzene rings is 2. The second-order valence-electron chi connectivity index (χ2n) is 6.09. The Hall–Kier alpha value is -3.06. The molecule has 0 saturated carbocycles. The number of aromatic nitrogens is 4. The summed E-state index contributed by atoms with van der Waals surface area (Å²) in [4.78, 5) is 21.7. The van der Waals surface area contributed by atoms with E-state index in [1.165, 1.54) is 47.3 Å². The molecule has 0 aliphatic heterocycles. The molecule has 0 aliphatic rings. The highest BCUT2D eigenvalue weighted by Gasteiger charge is 2.17. The van der Waals surface area contributed by atoms with Gasteiger partial charge in [0.2, 0.25) is 0 Å². The lowest BCUT2D eigenvalue weighted by molar-refractivity contribution is 0.627. The first-order chi connectivity index (χ1) is 12.9. The average Bonchev–Trinajstić information content (AvgIpc) is 3.00. The zero-order chi connectivity index (χ0) is 19.1. The minimum atomic E-state index is -0.449. The van der Waals surface area contributed by atoms with Gasteiger partial charge in [-0.3, -0.25) is 9.36 Å². The van der Waals surface area contributed by atoms with Crippen molar-refractivity contribution in [1.29, 1.82) is 0 Å². The maximum Gasteiger partial charge on any atom is 0.286 e. The lowest BCUT2D eigenvalue weighted by Crippen LogP contribution is -2.24. The van der Waals surface area contributed by atoms with Crippen LogP contribution in [0.5, 0.6) is 0 Å². The van der Waals surface area contributed by atoms with E-state index in [9.17, 15) is 13.6 Å². The van der Waals surface area contributed by atoms with Gasteiger partial charge in [0.25, 0.3) is 5.56 Å². The number of hydrogen-bond acceptors (Lipinski definition) is 3. The van der Waals surface area contributed by atoms with Crippen molar-refractivity contribution in [2.75, 3.05) is 0 Å². The Morgan fingerprint density at radius 2 is 1.78 bits per heavy atom. The summed E-state index contributed by atoms with van der Waals surface area (Å²) in [5.41, 5.74) is 1.32. The van der Waals surface area contributed by atoms with E-state index in [1.807, 2.05) is 0 Å². The van der Waals surface area contributed by atoms with Gasteiger partial charge in [-0.1, -0.05) is 17.7 Å². The predicted molar refractivity (Wildman–Crippen MR) is 98.3 cm³/mol. The molecule has 8 heteroatoms. The van der Waals surface area contributed by atoms with Crippen LogP contribution >= 0.6 is 11.6 Å². The molecule has 2 aromatic carbocycles. The lowest BCUT2D eigenvalue weighted by Gasteiger charge is -2.13. The molecule has 5 nitrogen and oxygen atoms in total. The van der Waals surface area contributed by atoms with Crippen LogP contribution in [0.4, 0.5) is 8.78 Å². The number of halogens is 3. The summed E-state index contributed by atoms with van der Waals surface area (Å²) in [6.45, 7) is 0. The summed E-state index contributed by atoms with van der Waals surface area (Å²) in [5, 5.41) is 0.236. The molecule has 4 rings (SSSR count). The number of imidazole rings is 1. The van der Waals surface area contributed by atoms with Crippen LogP contribution < -0.4 is 5.56 Å². The largest absolute Gasteiger partial charge is 0.318 e. The summed E-state index contributed by atoms with van der Waals surface area (Å²) in [6.07, 6.45) is 1.69. The molecule has 0 unspecified atom stereocenters. The average molecular weight is 387 g/mol. The highest BCUT2D eigenvalue weighted by atomic mass is 35.5. The van der Waals surface area contributed by atoms with Crippen molar-refractivity contribution >= 4 is 22.8 Å². The Kier molecular flexibility index (Phi) is 4.24. The predicted octanol–water partition coefficient (Wildman–Crippen LogP) is 3.64. The van der Waals surface area contributed by atoms with Crippen molar-refractivity contribution in [3.8, 4) is 5.69 Å². The number of rotatable bonds is 3. The fourth-order valence-corrected chi connectivity index (χ4v) is 3.15. The van der Waals surface area contributed by atoms with Gasteiger partial charge >= 0.3 is 0 Å². The van der Waals surface area contributed by atoms with Gasteiger partial charge in [-0.15, -0.1) is 0 Å². The van der Waals surface area contributed by atoms with Gasteiger partial charge < -0.3 is 4.57 Å². The van der Waals surface area contributed by atoms with Gasteiger partial charge in [0.15, 0.2) is 11.2 Å². The standard InChI is InChI=1S/C19H13ClF2N4O/c1-25-10-23-17-18(25)24-16(8-11-2-3-13(22)9-15(11)20)26(19(17)27)14-6-4-12(21)5-7-14/h2-7,9-10H,8H2,1H3. The molecule has 0 spiro atoms. The first-order valence-corrected chi connectivity index (χ1v) is 8.44. The van der Waals surface area contributed by atoms with Gasteiger partial charge in [0.05, 0.1) is 12.0 Å². The highest BCUT2D eigenvalue weighted by molar-refractivity contribution is 6.31. The van der Waals surface area contributed by atoms with Crippen molar-refractivity contribution in [2.24, 2.45) is 7.05 Å². The minimum Gasteiger partial charge on any atom is -0.318 e. The summed E-state index contributed by atoms with van der Waals surface area (Å²) in [7, 11) is 1.73. The Bertz CT molecular complexity index is 1220. The summed E-state index contributed by atoms with van der Waals surface area (Å²) < 4.78 is 29.7. The molecule has 0 saturated heterocycles. The van der Waals surface area contributed by atoms with Crippen LogP contribution in [0.15, 0.2) is 53.6 Å². The Labute approximate surface area is 157 Å². The maximum atomic E-state index is 13.3. The molecule has 27 heavy (non-hydrogen) atoms. The smallest absolute Gasteiger partial charge is 0.286 e. The van der Waals surface area contributed by atoms with Gasteiger partial charge in [0, 0.05) is 18.5 Å². The molecule has 136 valence electrons. The summed E-state index contributed by atoms with van der Waals surface area (Å²) in [6, 6.07) is 9.56. The molecule has 0 atom stereocenters. The van der Waals surface area contributed by atoms with E-state index in [4.69, 9.17) is 11.6 Å². The van der Waals surface area contributed by atoms with E-state index in [0.717, 1.165) is 0 Å². The SMILES string of the molecule is Cn1cnc2c(=O)n(-c3ccc(F)cc3)c(Cc3ccc(F)cc3Cl)nc21. The topological polar surface area (TPSA) is 52.7 Å². The molecule has 0 radical (unpaired) electrons. The number of fused-ring (bicyclic) bond motifs is 1. The third kappa shape index (κ3) is 3.10. The van der Waals surface area contributed by atoms with Crippen LogP contribution in [0.25, 0.3) is 16.9 Å². The minimum absolute atomic E-state index is 0.187. The van der Waals surface area contributed by atoms with Crippen LogP contribution in [-0.4, -0.2) is 19.1 Å². The second kappa shape index (κ2) is 6.59. The van der Waals surface area contributed by atoms with E-state index in [2.05, 4.69) is 9.97 Å². The fourth-order valence-electron chi connectivity index (χ4n) is 2.91. The molecule has 4 aromatic rings.